The third-order valence-electron chi connectivity index (χ3n) is 4.80. The Morgan fingerprint density at radius 3 is 2.92 bits per heavy atom. The minimum atomic E-state index is -0.278. The molecule has 0 saturated heterocycles. The van der Waals surface area contributed by atoms with E-state index in [1.807, 2.05) is 28.6 Å². The van der Waals surface area contributed by atoms with Gasteiger partial charge in [0.25, 0.3) is 0 Å². The van der Waals surface area contributed by atoms with Crippen LogP contribution in [0.1, 0.15) is 35.4 Å². The van der Waals surface area contributed by atoms with E-state index in [1.165, 1.54) is 0 Å². The van der Waals surface area contributed by atoms with Crippen molar-refractivity contribution < 1.29 is 9.84 Å². The quantitative estimate of drug-likeness (QED) is 0.649. The second-order valence-electron chi connectivity index (χ2n) is 6.37. The van der Waals surface area contributed by atoms with Gasteiger partial charge in [-0.15, -0.1) is 0 Å². The fourth-order valence-electron chi connectivity index (χ4n) is 3.57. The van der Waals surface area contributed by atoms with E-state index in [1.54, 1.807) is 29.5 Å². The summed E-state index contributed by atoms with van der Waals surface area (Å²) in [6.45, 7) is 0. The number of hydrogen-bond donors (Lipinski definition) is 1. The number of phenols is 1. The van der Waals surface area contributed by atoms with Crippen molar-refractivity contribution in [2.24, 2.45) is 5.10 Å². The SMILES string of the molecule is Oc1ccc(Cl)cc1C1=NN2C(C1)c1ccccc1OC2c1ccsc1. The van der Waals surface area contributed by atoms with Crippen molar-refractivity contribution in [1.29, 1.82) is 0 Å². The van der Waals surface area contributed by atoms with Crippen LogP contribution in [-0.2, 0) is 0 Å². The average Bonchev–Trinajstić information content (AvgIpc) is 3.33. The molecule has 3 heterocycles. The smallest absolute Gasteiger partial charge is 0.214 e. The van der Waals surface area contributed by atoms with E-state index in [0.717, 1.165) is 22.6 Å². The van der Waals surface area contributed by atoms with Crippen LogP contribution in [0.15, 0.2) is 64.4 Å². The molecule has 26 heavy (non-hydrogen) atoms. The van der Waals surface area contributed by atoms with Crippen molar-refractivity contribution in [2.75, 3.05) is 0 Å². The number of fused-ring (bicyclic) bond motifs is 3. The minimum absolute atomic E-state index is 0.0678. The molecule has 2 aliphatic heterocycles. The van der Waals surface area contributed by atoms with Crippen LogP contribution in [0.3, 0.4) is 0 Å². The standard InChI is InChI=1S/C20H15ClN2O2S/c21-13-5-6-18(24)15(9-13)16-10-17-14-3-1-2-4-19(14)25-20(23(17)22-16)12-7-8-26-11-12/h1-9,11,17,20,24H,10H2. The van der Waals surface area contributed by atoms with Gasteiger partial charge in [0.1, 0.15) is 11.5 Å². The van der Waals surface area contributed by atoms with Gasteiger partial charge in [-0.3, -0.25) is 0 Å². The van der Waals surface area contributed by atoms with Gasteiger partial charge in [0, 0.05) is 28.1 Å². The van der Waals surface area contributed by atoms with Crippen LogP contribution in [0.2, 0.25) is 5.02 Å². The van der Waals surface area contributed by atoms with Crippen molar-refractivity contribution in [3.8, 4) is 11.5 Å². The molecule has 1 N–H and O–H groups in total. The van der Waals surface area contributed by atoms with Crippen LogP contribution >= 0.6 is 22.9 Å². The summed E-state index contributed by atoms with van der Waals surface area (Å²) in [5, 5.41) is 21.8. The number of para-hydroxylation sites is 1. The molecule has 0 fully saturated rings. The summed E-state index contributed by atoms with van der Waals surface area (Å²) < 4.78 is 6.27. The third kappa shape index (κ3) is 2.47. The number of rotatable bonds is 2. The van der Waals surface area contributed by atoms with E-state index in [4.69, 9.17) is 21.4 Å². The molecule has 0 amide bonds. The van der Waals surface area contributed by atoms with Crippen molar-refractivity contribution in [2.45, 2.75) is 18.7 Å². The number of hydrazone groups is 1. The predicted octanol–water partition coefficient (Wildman–Crippen LogP) is 5.35. The van der Waals surface area contributed by atoms with Gasteiger partial charge in [-0.1, -0.05) is 29.8 Å². The Kier molecular flexibility index (Phi) is 3.65. The molecule has 0 radical (unpaired) electrons. The topological polar surface area (TPSA) is 45.1 Å². The number of nitrogens with zero attached hydrogens (tertiary/aromatic N) is 2. The summed E-state index contributed by atoms with van der Waals surface area (Å²) in [6, 6.07) is 15.3. The summed E-state index contributed by atoms with van der Waals surface area (Å²) >= 11 is 7.77. The molecule has 3 aromatic rings. The number of ether oxygens (including phenoxy) is 1. The molecule has 0 bridgehead atoms. The van der Waals surface area contributed by atoms with Crippen LogP contribution in [0.4, 0.5) is 0 Å². The molecule has 0 spiro atoms. The second-order valence-corrected chi connectivity index (χ2v) is 7.59. The number of thiophene rings is 1. The zero-order valence-corrected chi connectivity index (χ0v) is 15.2. The molecular formula is C20H15ClN2O2S. The zero-order chi connectivity index (χ0) is 17.7. The maximum absolute atomic E-state index is 10.3. The number of hydrogen-bond acceptors (Lipinski definition) is 5. The number of benzene rings is 2. The predicted molar refractivity (Wildman–Crippen MR) is 103 cm³/mol. The molecule has 1 aromatic heterocycles. The summed E-state index contributed by atoms with van der Waals surface area (Å²) in [5.41, 5.74) is 3.68. The monoisotopic (exact) mass is 382 g/mol. The highest BCUT2D eigenvalue weighted by molar-refractivity contribution is 7.07. The van der Waals surface area contributed by atoms with E-state index in [0.29, 0.717) is 17.0 Å². The van der Waals surface area contributed by atoms with Gasteiger partial charge in [-0.25, -0.2) is 5.01 Å². The lowest BCUT2D eigenvalue weighted by molar-refractivity contribution is -0.0187. The van der Waals surface area contributed by atoms with Crippen molar-refractivity contribution in [1.82, 2.24) is 5.01 Å². The van der Waals surface area contributed by atoms with Gasteiger partial charge in [-0.2, -0.15) is 16.4 Å². The molecule has 2 aliphatic rings. The Hall–Kier alpha value is -2.50. The second kappa shape index (κ2) is 6.04. The Balaban J connectivity index is 1.62. The normalized spacial score (nSPS) is 21.0. The molecule has 2 atom stereocenters. The Morgan fingerprint density at radius 1 is 1.19 bits per heavy atom. The van der Waals surface area contributed by atoms with Crippen LogP contribution < -0.4 is 4.74 Å². The molecule has 2 unspecified atom stereocenters. The Bertz CT molecular complexity index is 1000. The lowest BCUT2D eigenvalue weighted by atomic mass is 9.96. The number of halogens is 1. The van der Waals surface area contributed by atoms with Gasteiger partial charge in [0.2, 0.25) is 6.23 Å². The highest BCUT2D eigenvalue weighted by atomic mass is 35.5. The minimum Gasteiger partial charge on any atom is -0.507 e. The first kappa shape index (κ1) is 15.7. The third-order valence-corrected chi connectivity index (χ3v) is 5.73. The Labute approximate surface area is 159 Å². The fourth-order valence-corrected chi connectivity index (χ4v) is 4.41. The lowest BCUT2D eigenvalue weighted by Crippen LogP contribution is -2.33. The fraction of sp³-hybridized carbons (Fsp3) is 0.150. The molecule has 6 heteroatoms. The molecule has 0 aliphatic carbocycles. The maximum Gasteiger partial charge on any atom is 0.214 e. The van der Waals surface area contributed by atoms with Crippen LogP contribution in [-0.4, -0.2) is 15.8 Å². The average molecular weight is 383 g/mol. The first-order chi connectivity index (χ1) is 12.7. The maximum atomic E-state index is 10.3. The molecule has 0 saturated carbocycles. The lowest BCUT2D eigenvalue weighted by Gasteiger charge is -2.37. The van der Waals surface area contributed by atoms with Crippen molar-refractivity contribution in [3.63, 3.8) is 0 Å². The molecule has 130 valence electrons. The van der Waals surface area contributed by atoms with Crippen LogP contribution in [0, 0.1) is 0 Å². The van der Waals surface area contributed by atoms with Gasteiger partial charge in [0.15, 0.2) is 0 Å². The highest BCUT2D eigenvalue weighted by Gasteiger charge is 2.41. The summed E-state index contributed by atoms with van der Waals surface area (Å²) in [6.07, 6.45) is 0.412. The number of aromatic hydroxyl groups is 1. The van der Waals surface area contributed by atoms with E-state index >= 15 is 0 Å². The largest absolute Gasteiger partial charge is 0.507 e. The van der Waals surface area contributed by atoms with Gasteiger partial charge in [0.05, 0.1) is 11.8 Å². The van der Waals surface area contributed by atoms with E-state index in [-0.39, 0.29) is 18.0 Å². The Morgan fingerprint density at radius 2 is 2.08 bits per heavy atom. The van der Waals surface area contributed by atoms with Gasteiger partial charge in [-0.05, 0) is 41.1 Å². The van der Waals surface area contributed by atoms with E-state index in [2.05, 4.69) is 17.5 Å². The molecular weight excluding hydrogens is 368 g/mol. The zero-order valence-electron chi connectivity index (χ0n) is 13.7. The van der Waals surface area contributed by atoms with E-state index in [9.17, 15) is 5.11 Å². The number of phenolic OH excluding ortho intramolecular Hbond substituents is 1. The molecule has 4 nitrogen and oxygen atoms in total. The van der Waals surface area contributed by atoms with Crippen molar-refractivity contribution in [3.05, 3.63) is 81.0 Å². The van der Waals surface area contributed by atoms with Gasteiger partial charge < -0.3 is 9.84 Å². The highest BCUT2D eigenvalue weighted by Crippen LogP contribution is 2.48. The van der Waals surface area contributed by atoms with Crippen LogP contribution in [0.5, 0.6) is 11.5 Å². The molecule has 5 rings (SSSR count). The first-order valence-corrected chi connectivity index (χ1v) is 9.65. The van der Waals surface area contributed by atoms with Crippen LogP contribution in [0.25, 0.3) is 0 Å². The summed E-state index contributed by atoms with van der Waals surface area (Å²) in [7, 11) is 0. The molecule has 2 aromatic carbocycles. The van der Waals surface area contributed by atoms with E-state index < -0.39 is 0 Å². The van der Waals surface area contributed by atoms with Crippen molar-refractivity contribution >= 4 is 28.6 Å². The first-order valence-electron chi connectivity index (χ1n) is 8.33. The summed E-state index contributed by atoms with van der Waals surface area (Å²) in [5.74, 6) is 1.07. The summed E-state index contributed by atoms with van der Waals surface area (Å²) in [4.78, 5) is 0. The van der Waals surface area contributed by atoms with Gasteiger partial charge >= 0.3 is 0 Å².